The SMILES string of the molecule is C[Se]/C=C/CO. The van der Waals surface area contributed by atoms with Crippen molar-refractivity contribution >= 4 is 15.0 Å². The van der Waals surface area contributed by atoms with Gasteiger partial charge in [-0.15, -0.1) is 0 Å². The summed E-state index contributed by atoms with van der Waals surface area (Å²) in [6, 6.07) is 0. The van der Waals surface area contributed by atoms with Gasteiger partial charge in [-0.05, 0) is 0 Å². The second-order valence-electron chi connectivity index (χ2n) is 0.790. The van der Waals surface area contributed by atoms with Crippen LogP contribution in [0.15, 0.2) is 11.1 Å². The van der Waals surface area contributed by atoms with E-state index in [1.807, 2.05) is 4.97 Å². The number of rotatable bonds is 2. The van der Waals surface area contributed by atoms with E-state index in [1.54, 1.807) is 6.08 Å². The van der Waals surface area contributed by atoms with E-state index in [0.717, 1.165) is 0 Å². The Labute approximate surface area is 44.2 Å². The van der Waals surface area contributed by atoms with Crippen LogP contribution >= 0.6 is 0 Å². The zero-order valence-corrected chi connectivity index (χ0v) is 5.43. The van der Waals surface area contributed by atoms with E-state index >= 15 is 0 Å². The van der Waals surface area contributed by atoms with E-state index < -0.39 is 0 Å². The van der Waals surface area contributed by atoms with E-state index in [2.05, 4.69) is 5.82 Å². The first-order valence-corrected chi connectivity index (χ1v) is 4.40. The Morgan fingerprint density at radius 3 is 2.67 bits per heavy atom. The molecule has 0 atom stereocenters. The van der Waals surface area contributed by atoms with Crippen LogP contribution in [0.2, 0.25) is 5.82 Å². The topological polar surface area (TPSA) is 20.2 Å². The van der Waals surface area contributed by atoms with Gasteiger partial charge in [0.25, 0.3) is 0 Å². The third-order valence-corrected chi connectivity index (χ3v) is 1.31. The van der Waals surface area contributed by atoms with E-state index in [4.69, 9.17) is 5.11 Å². The summed E-state index contributed by atoms with van der Waals surface area (Å²) in [7, 11) is 0. The number of hydrogen-bond acceptors (Lipinski definition) is 1. The molecule has 2 heteroatoms. The Morgan fingerprint density at radius 1 is 1.83 bits per heavy atom. The Kier molecular flexibility index (Phi) is 5.41. The molecule has 0 aromatic rings. The van der Waals surface area contributed by atoms with Crippen LogP contribution < -0.4 is 0 Å². The maximum absolute atomic E-state index is 8.12. The summed E-state index contributed by atoms with van der Waals surface area (Å²) in [5, 5.41) is 8.12. The van der Waals surface area contributed by atoms with Crippen LogP contribution in [0, 0.1) is 0 Å². The summed E-state index contributed by atoms with van der Waals surface area (Å²) in [6.45, 7) is 0.190. The fourth-order valence-corrected chi connectivity index (χ4v) is 0.724. The molecule has 36 valence electrons. The molecule has 0 radical (unpaired) electrons. The van der Waals surface area contributed by atoms with Crippen molar-refractivity contribution in [2.24, 2.45) is 0 Å². The summed E-state index contributed by atoms with van der Waals surface area (Å²) in [4.78, 5) is 1.99. The molecule has 0 amide bonds. The van der Waals surface area contributed by atoms with Crippen LogP contribution in [0.25, 0.3) is 0 Å². The van der Waals surface area contributed by atoms with Gasteiger partial charge in [0.15, 0.2) is 0 Å². The van der Waals surface area contributed by atoms with Crippen molar-refractivity contribution in [3.05, 3.63) is 11.1 Å². The van der Waals surface area contributed by atoms with Crippen LogP contribution in [0.1, 0.15) is 0 Å². The molecule has 0 bridgehead atoms. The first-order valence-electron chi connectivity index (χ1n) is 1.70. The van der Waals surface area contributed by atoms with Crippen molar-refractivity contribution < 1.29 is 5.11 Å². The first kappa shape index (κ1) is 6.22. The third-order valence-electron chi connectivity index (χ3n) is 0.338. The van der Waals surface area contributed by atoms with Gasteiger partial charge < -0.3 is 0 Å². The van der Waals surface area contributed by atoms with E-state index in [0.29, 0.717) is 15.0 Å². The molecule has 1 N–H and O–H groups in total. The second-order valence-corrected chi connectivity index (χ2v) is 2.35. The summed E-state index contributed by atoms with van der Waals surface area (Å²) < 4.78 is 0. The summed E-state index contributed by atoms with van der Waals surface area (Å²) in [5.74, 6) is 2.10. The molecule has 0 aliphatic rings. The van der Waals surface area contributed by atoms with Gasteiger partial charge in [0.05, 0.1) is 0 Å². The quantitative estimate of drug-likeness (QED) is 0.560. The summed E-state index contributed by atoms with van der Waals surface area (Å²) in [6.07, 6.45) is 1.76. The van der Waals surface area contributed by atoms with Crippen LogP contribution in [0.3, 0.4) is 0 Å². The molecular weight excluding hydrogens is 143 g/mol. The number of aliphatic hydroxyl groups excluding tert-OH is 1. The molecule has 0 aliphatic heterocycles. The molecule has 6 heavy (non-hydrogen) atoms. The minimum absolute atomic E-state index is 0.190. The average molecular weight is 151 g/mol. The molecule has 0 heterocycles. The number of hydrogen-bond donors (Lipinski definition) is 1. The van der Waals surface area contributed by atoms with Crippen molar-refractivity contribution in [3.8, 4) is 0 Å². The molecule has 0 unspecified atom stereocenters. The van der Waals surface area contributed by atoms with Crippen LogP contribution in [-0.2, 0) is 0 Å². The zero-order valence-electron chi connectivity index (χ0n) is 3.72. The van der Waals surface area contributed by atoms with Gasteiger partial charge in [-0.25, -0.2) is 0 Å². The van der Waals surface area contributed by atoms with Crippen LogP contribution in [0.5, 0.6) is 0 Å². The molecule has 0 aromatic heterocycles. The normalized spacial score (nSPS) is 10.3. The van der Waals surface area contributed by atoms with Crippen molar-refractivity contribution in [2.45, 2.75) is 5.82 Å². The van der Waals surface area contributed by atoms with Crippen molar-refractivity contribution in [3.63, 3.8) is 0 Å². The minimum atomic E-state index is 0.190. The monoisotopic (exact) mass is 152 g/mol. The van der Waals surface area contributed by atoms with E-state index in [-0.39, 0.29) is 6.61 Å². The fourth-order valence-electron chi connectivity index (χ4n) is 0.139. The van der Waals surface area contributed by atoms with Gasteiger partial charge in [0.1, 0.15) is 0 Å². The third kappa shape index (κ3) is 4.22. The molecule has 0 saturated carbocycles. The Hall–Kier alpha value is 0.219. The predicted molar refractivity (Wildman–Crippen MR) is 27.8 cm³/mol. The molecular formula is C4H8OSe. The zero-order chi connectivity index (χ0) is 4.83. The molecule has 0 fully saturated rings. The van der Waals surface area contributed by atoms with Gasteiger partial charge >= 0.3 is 43.5 Å². The second kappa shape index (κ2) is 5.22. The van der Waals surface area contributed by atoms with Crippen LogP contribution in [-0.4, -0.2) is 26.7 Å². The maximum atomic E-state index is 8.12. The van der Waals surface area contributed by atoms with Crippen molar-refractivity contribution in [1.29, 1.82) is 0 Å². The Balaban J connectivity index is 2.73. The number of aliphatic hydroxyl groups is 1. The molecule has 0 rings (SSSR count). The standard InChI is InChI=1S/C4H8OSe/c1-6-4-2-3-5/h2,4-5H,3H2,1H3/b4-2+. The Morgan fingerprint density at radius 2 is 2.50 bits per heavy atom. The molecule has 0 saturated heterocycles. The molecule has 1 nitrogen and oxygen atoms in total. The van der Waals surface area contributed by atoms with Gasteiger partial charge in [-0.1, -0.05) is 0 Å². The van der Waals surface area contributed by atoms with Gasteiger partial charge in [-0.3, -0.25) is 0 Å². The summed E-state index contributed by atoms with van der Waals surface area (Å²) >= 11 is 0.586. The first-order chi connectivity index (χ1) is 2.91. The van der Waals surface area contributed by atoms with Gasteiger partial charge in [0.2, 0.25) is 0 Å². The average Bonchev–Trinajstić information content (AvgIpc) is 1.61. The van der Waals surface area contributed by atoms with Gasteiger partial charge in [0, 0.05) is 0 Å². The Bertz CT molecular complexity index is 36.8. The van der Waals surface area contributed by atoms with Gasteiger partial charge in [-0.2, -0.15) is 0 Å². The molecule has 0 aromatic carbocycles. The summed E-state index contributed by atoms with van der Waals surface area (Å²) in [5.41, 5.74) is 0. The fraction of sp³-hybridized carbons (Fsp3) is 0.500. The molecule has 0 spiro atoms. The van der Waals surface area contributed by atoms with E-state index in [9.17, 15) is 0 Å². The van der Waals surface area contributed by atoms with Crippen molar-refractivity contribution in [1.82, 2.24) is 0 Å². The van der Waals surface area contributed by atoms with E-state index in [1.165, 1.54) is 0 Å². The van der Waals surface area contributed by atoms with Crippen molar-refractivity contribution in [2.75, 3.05) is 6.61 Å². The molecule has 0 aliphatic carbocycles. The van der Waals surface area contributed by atoms with Crippen LogP contribution in [0.4, 0.5) is 0 Å². The predicted octanol–water partition coefficient (Wildman–Crippen LogP) is 0.245.